The van der Waals surface area contributed by atoms with E-state index in [1.54, 1.807) is 0 Å². The lowest BCUT2D eigenvalue weighted by Gasteiger charge is -2.03. The number of aromatic nitrogens is 1. The molecule has 2 aromatic rings. The molecule has 2 rings (SSSR count). The molecule has 0 bridgehead atoms. The lowest BCUT2D eigenvalue weighted by Crippen LogP contribution is -1.91. The van der Waals surface area contributed by atoms with Gasteiger partial charge in [-0.1, -0.05) is 28.0 Å². The van der Waals surface area contributed by atoms with Gasteiger partial charge in [0.1, 0.15) is 5.69 Å². The summed E-state index contributed by atoms with van der Waals surface area (Å²) < 4.78 is 7.19. The van der Waals surface area contributed by atoms with Gasteiger partial charge in [0.15, 0.2) is 0 Å². The van der Waals surface area contributed by atoms with Crippen LogP contribution < -0.4 is 5.73 Å². The van der Waals surface area contributed by atoms with Crippen molar-refractivity contribution in [3.8, 4) is 11.3 Å². The third-order valence-corrected chi connectivity index (χ3v) is 3.79. The monoisotopic (exact) mass is 392 g/mol. The zero-order valence-corrected chi connectivity index (χ0v) is 12.4. The molecule has 0 spiro atoms. The Bertz CT molecular complexity index is 525. The van der Waals surface area contributed by atoms with E-state index in [-0.39, 0.29) is 0 Å². The summed E-state index contributed by atoms with van der Waals surface area (Å²) in [5.74, 6) is 0.410. The van der Waals surface area contributed by atoms with E-state index in [4.69, 9.17) is 10.3 Å². The summed E-state index contributed by atoms with van der Waals surface area (Å²) in [7, 11) is 0. The van der Waals surface area contributed by atoms with E-state index in [0.29, 0.717) is 5.88 Å². The van der Waals surface area contributed by atoms with E-state index in [1.807, 2.05) is 25.1 Å². The van der Waals surface area contributed by atoms with Crippen LogP contribution in [0.2, 0.25) is 0 Å². The molecule has 5 heteroatoms. The summed E-state index contributed by atoms with van der Waals surface area (Å²) in [6.45, 7) is 2.04. The predicted octanol–water partition coefficient (Wildman–Crippen LogP) is 3.85. The molecule has 0 aliphatic rings. The number of hydrogen-bond donors (Lipinski definition) is 1. The standard InChI is InChI=1S/C11H10BrIN2O/c1-2-7-10(15-16-11(7)14)8-5-6(12)3-4-9(8)13/h3-5H,2,14H2,1H3. The van der Waals surface area contributed by atoms with Gasteiger partial charge in [-0.25, -0.2) is 0 Å². The lowest BCUT2D eigenvalue weighted by molar-refractivity contribution is 0.438. The molecule has 1 aromatic carbocycles. The molecule has 0 aliphatic carbocycles. The third-order valence-electron chi connectivity index (χ3n) is 2.36. The minimum Gasteiger partial charge on any atom is -0.367 e. The van der Waals surface area contributed by atoms with Crippen LogP contribution in [0.4, 0.5) is 5.88 Å². The average molecular weight is 393 g/mol. The smallest absolute Gasteiger partial charge is 0.225 e. The van der Waals surface area contributed by atoms with Gasteiger partial charge in [0.05, 0.1) is 0 Å². The molecule has 2 N–H and O–H groups in total. The van der Waals surface area contributed by atoms with E-state index >= 15 is 0 Å². The molecule has 0 amide bonds. The number of nitrogen functional groups attached to an aromatic ring is 1. The Hall–Kier alpha value is -0.560. The van der Waals surface area contributed by atoms with Crippen LogP contribution in [0.3, 0.4) is 0 Å². The normalized spacial score (nSPS) is 10.7. The number of hydrogen-bond acceptors (Lipinski definition) is 3. The summed E-state index contributed by atoms with van der Waals surface area (Å²) in [5, 5.41) is 4.03. The van der Waals surface area contributed by atoms with Gasteiger partial charge >= 0.3 is 0 Å². The molecular weight excluding hydrogens is 383 g/mol. The van der Waals surface area contributed by atoms with E-state index in [9.17, 15) is 0 Å². The molecule has 0 saturated carbocycles. The average Bonchev–Trinajstić information content (AvgIpc) is 2.63. The molecule has 1 aromatic heterocycles. The minimum atomic E-state index is 0.410. The molecule has 0 fully saturated rings. The van der Waals surface area contributed by atoms with Crippen LogP contribution in [-0.2, 0) is 6.42 Å². The van der Waals surface area contributed by atoms with Crippen LogP contribution >= 0.6 is 38.5 Å². The highest BCUT2D eigenvalue weighted by atomic mass is 127. The Kier molecular flexibility index (Phi) is 3.53. The van der Waals surface area contributed by atoms with Crippen molar-refractivity contribution in [1.29, 1.82) is 0 Å². The first-order valence-electron chi connectivity index (χ1n) is 4.83. The summed E-state index contributed by atoms with van der Waals surface area (Å²) in [6.07, 6.45) is 0.813. The van der Waals surface area contributed by atoms with Crippen molar-refractivity contribution in [2.75, 3.05) is 5.73 Å². The fraction of sp³-hybridized carbons (Fsp3) is 0.182. The quantitative estimate of drug-likeness (QED) is 0.789. The van der Waals surface area contributed by atoms with Gasteiger partial charge in [-0.2, -0.15) is 0 Å². The van der Waals surface area contributed by atoms with E-state index in [2.05, 4.69) is 43.7 Å². The molecule has 3 nitrogen and oxygen atoms in total. The van der Waals surface area contributed by atoms with E-state index < -0.39 is 0 Å². The molecule has 0 unspecified atom stereocenters. The van der Waals surface area contributed by atoms with Gasteiger partial charge in [-0.3, -0.25) is 0 Å². The Morgan fingerprint density at radius 2 is 2.25 bits per heavy atom. The van der Waals surface area contributed by atoms with Gasteiger partial charge in [0, 0.05) is 19.2 Å². The van der Waals surface area contributed by atoms with Gasteiger partial charge in [0.25, 0.3) is 0 Å². The topological polar surface area (TPSA) is 52.0 Å². The van der Waals surface area contributed by atoms with Crippen molar-refractivity contribution in [2.45, 2.75) is 13.3 Å². The van der Waals surface area contributed by atoms with Crippen molar-refractivity contribution in [3.63, 3.8) is 0 Å². The highest BCUT2D eigenvalue weighted by Gasteiger charge is 2.16. The van der Waals surface area contributed by atoms with Crippen LogP contribution in [0, 0.1) is 3.57 Å². The first-order valence-corrected chi connectivity index (χ1v) is 6.70. The van der Waals surface area contributed by atoms with Gasteiger partial charge in [0.2, 0.25) is 5.88 Å². The van der Waals surface area contributed by atoms with Gasteiger partial charge in [-0.15, -0.1) is 0 Å². The van der Waals surface area contributed by atoms with Crippen LogP contribution in [-0.4, -0.2) is 5.16 Å². The largest absolute Gasteiger partial charge is 0.367 e. The molecule has 0 saturated heterocycles. The number of rotatable bonds is 2. The molecule has 16 heavy (non-hydrogen) atoms. The highest BCUT2D eigenvalue weighted by molar-refractivity contribution is 14.1. The molecule has 84 valence electrons. The number of anilines is 1. The van der Waals surface area contributed by atoms with Crippen molar-refractivity contribution >= 4 is 44.4 Å². The number of benzene rings is 1. The Morgan fingerprint density at radius 3 is 2.94 bits per heavy atom. The first kappa shape index (κ1) is 11.9. The van der Waals surface area contributed by atoms with E-state index in [1.165, 1.54) is 0 Å². The van der Waals surface area contributed by atoms with E-state index in [0.717, 1.165) is 31.3 Å². The zero-order chi connectivity index (χ0) is 11.7. The molecule has 0 atom stereocenters. The van der Waals surface area contributed by atoms with Gasteiger partial charge in [-0.05, 0) is 47.2 Å². The van der Waals surface area contributed by atoms with Crippen molar-refractivity contribution in [2.24, 2.45) is 0 Å². The van der Waals surface area contributed by atoms with Crippen LogP contribution in [0.25, 0.3) is 11.3 Å². The number of nitrogens with zero attached hydrogens (tertiary/aromatic N) is 1. The first-order chi connectivity index (χ1) is 7.63. The maximum absolute atomic E-state index is 5.73. The lowest BCUT2D eigenvalue weighted by atomic mass is 10.1. The Morgan fingerprint density at radius 1 is 1.50 bits per heavy atom. The minimum absolute atomic E-state index is 0.410. The molecular formula is C11H10BrIN2O. The Balaban J connectivity index is 2.62. The summed E-state index contributed by atoms with van der Waals surface area (Å²) in [4.78, 5) is 0. The number of halogens is 2. The summed E-state index contributed by atoms with van der Waals surface area (Å²) in [6, 6.07) is 6.06. The fourth-order valence-electron chi connectivity index (χ4n) is 1.55. The number of nitrogens with two attached hydrogens (primary N) is 1. The predicted molar refractivity (Wildman–Crippen MR) is 76.1 cm³/mol. The second kappa shape index (κ2) is 4.75. The molecule has 1 heterocycles. The second-order valence-electron chi connectivity index (χ2n) is 3.35. The van der Waals surface area contributed by atoms with Crippen LogP contribution in [0.15, 0.2) is 27.2 Å². The highest BCUT2D eigenvalue weighted by Crippen LogP contribution is 2.32. The zero-order valence-electron chi connectivity index (χ0n) is 8.63. The summed E-state index contributed by atoms with van der Waals surface area (Å²) in [5.41, 5.74) is 8.59. The van der Waals surface area contributed by atoms with Crippen molar-refractivity contribution in [1.82, 2.24) is 5.16 Å². The van der Waals surface area contributed by atoms with Crippen molar-refractivity contribution < 1.29 is 4.52 Å². The SMILES string of the molecule is CCc1c(-c2cc(Br)ccc2I)noc1N. The Labute approximate surface area is 116 Å². The van der Waals surface area contributed by atoms with Crippen LogP contribution in [0.1, 0.15) is 12.5 Å². The van der Waals surface area contributed by atoms with Gasteiger partial charge < -0.3 is 10.3 Å². The van der Waals surface area contributed by atoms with Crippen molar-refractivity contribution in [3.05, 3.63) is 31.8 Å². The molecule has 0 radical (unpaired) electrons. The second-order valence-corrected chi connectivity index (χ2v) is 5.43. The maximum Gasteiger partial charge on any atom is 0.225 e. The summed E-state index contributed by atoms with van der Waals surface area (Å²) >= 11 is 5.73. The fourth-order valence-corrected chi connectivity index (χ4v) is 2.51. The maximum atomic E-state index is 5.73. The van der Waals surface area contributed by atoms with Crippen LogP contribution in [0.5, 0.6) is 0 Å². The molecule has 0 aliphatic heterocycles. The third kappa shape index (κ3) is 2.10.